The van der Waals surface area contributed by atoms with Crippen LogP contribution in [0.3, 0.4) is 0 Å². The fourth-order valence-electron chi connectivity index (χ4n) is 2.36. The Hall–Kier alpha value is -0.940. The highest BCUT2D eigenvalue weighted by molar-refractivity contribution is 7.17. The van der Waals surface area contributed by atoms with Gasteiger partial charge in [0.15, 0.2) is 5.13 Å². The molecule has 0 bridgehead atoms. The minimum Gasteiger partial charge on any atom is -0.359 e. The number of rotatable bonds is 5. The van der Waals surface area contributed by atoms with Crippen LogP contribution in [-0.2, 0) is 0 Å². The van der Waals surface area contributed by atoms with Gasteiger partial charge >= 0.3 is 0 Å². The highest BCUT2D eigenvalue weighted by Crippen LogP contribution is 2.50. The normalized spacial score (nSPS) is 18.8. The van der Waals surface area contributed by atoms with Crippen LogP contribution >= 0.6 is 22.7 Å². The van der Waals surface area contributed by atoms with Gasteiger partial charge in [0, 0.05) is 23.3 Å². The third kappa shape index (κ3) is 2.49. The molecule has 3 nitrogen and oxygen atoms in total. The first-order valence-electron chi connectivity index (χ1n) is 7.43. The number of hydrogen-bond acceptors (Lipinski definition) is 5. The molecule has 0 radical (unpaired) electrons. The predicted octanol–water partition coefficient (Wildman–Crippen LogP) is 4.84. The van der Waals surface area contributed by atoms with Gasteiger partial charge in [-0.15, -0.1) is 22.7 Å². The second-order valence-electron chi connectivity index (χ2n) is 6.15. The van der Waals surface area contributed by atoms with Crippen molar-refractivity contribution in [1.82, 2.24) is 9.97 Å². The van der Waals surface area contributed by atoms with E-state index in [1.165, 1.54) is 41.3 Å². The molecule has 1 N–H and O–H groups in total. The van der Waals surface area contributed by atoms with Crippen molar-refractivity contribution in [2.24, 2.45) is 0 Å². The molecule has 0 aromatic carbocycles. The molecule has 2 fully saturated rings. The van der Waals surface area contributed by atoms with Gasteiger partial charge in [0.2, 0.25) is 0 Å². The second-order valence-corrected chi connectivity index (χ2v) is 8.04. The maximum Gasteiger partial charge on any atom is 0.183 e. The highest BCUT2D eigenvalue weighted by Gasteiger charge is 2.34. The van der Waals surface area contributed by atoms with Crippen molar-refractivity contribution < 1.29 is 0 Å². The summed E-state index contributed by atoms with van der Waals surface area (Å²) in [5.74, 6) is 1.45. The standard InChI is InChI=1S/C15H19N3S2/c1-8(2)16-15-17-11(7-19-15)13-12(9-3-4-9)18-14(20-13)10-5-6-10/h7-10H,3-6H2,1-2H3,(H,16,17). The summed E-state index contributed by atoms with van der Waals surface area (Å²) in [6.07, 6.45) is 5.27. The predicted molar refractivity (Wildman–Crippen MR) is 85.9 cm³/mol. The van der Waals surface area contributed by atoms with Crippen molar-refractivity contribution in [3.63, 3.8) is 0 Å². The number of nitrogens with one attached hydrogen (secondary N) is 1. The van der Waals surface area contributed by atoms with Crippen LogP contribution in [0.15, 0.2) is 5.38 Å². The zero-order chi connectivity index (χ0) is 13.7. The average molecular weight is 305 g/mol. The number of aromatic nitrogens is 2. The zero-order valence-corrected chi connectivity index (χ0v) is 13.5. The largest absolute Gasteiger partial charge is 0.359 e. The maximum atomic E-state index is 4.94. The maximum absolute atomic E-state index is 4.94. The van der Waals surface area contributed by atoms with Crippen LogP contribution in [0.4, 0.5) is 5.13 Å². The first kappa shape index (κ1) is 12.8. The lowest BCUT2D eigenvalue weighted by Gasteiger charge is -2.04. The van der Waals surface area contributed by atoms with E-state index in [1.54, 1.807) is 11.3 Å². The van der Waals surface area contributed by atoms with E-state index in [9.17, 15) is 0 Å². The van der Waals surface area contributed by atoms with Gasteiger partial charge in [-0.2, -0.15) is 0 Å². The topological polar surface area (TPSA) is 37.8 Å². The van der Waals surface area contributed by atoms with Gasteiger partial charge in [-0.3, -0.25) is 0 Å². The van der Waals surface area contributed by atoms with E-state index in [0.717, 1.165) is 16.7 Å². The summed E-state index contributed by atoms with van der Waals surface area (Å²) in [6.45, 7) is 4.29. The minimum absolute atomic E-state index is 0.431. The number of thiazole rings is 2. The van der Waals surface area contributed by atoms with Crippen molar-refractivity contribution >= 4 is 27.8 Å². The zero-order valence-electron chi connectivity index (χ0n) is 11.8. The average Bonchev–Trinajstić information content (AvgIpc) is 3.33. The quantitative estimate of drug-likeness (QED) is 0.858. The Balaban J connectivity index is 1.67. The molecule has 2 aromatic heterocycles. The van der Waals surface area contributed by atoms with Gasteiger partial charge in [-0.1, -0.05) is 0 Å². The van der Waals surface area contributed by atoms with E-state index in [0.29, 0.717) is 12.0 Å². The van der Waals surface area contributed by atoms with E-state index in [-0.39, 0.29) is 0 Å². The molecular formula is C15H19N3S2. The van der Waals surface area contributed by atoms with Gasteiger partial charge < -0.3 is 5.32 Å². The second kappa shape index (κ2) is 4.81. The Labute approximate surface area is 127 Å². The molecule has 0 spiro atoms. The van der Waals surface area contributed by atoms with E-state index >= 15 is 0 Å². The van der Waals surface area contributed by atoms with Crippen molar-refractivity contribution in [1.29, 1.82) is 0 Å². The summed E-state index contributed by atoms with van der Waals surface area (Å²) in [7, 11) is 0. The molecule has 5 heteroatoms. The molecule has 4 rings (SSSR count). The summed E-state index contributed by atoms with van der Waals surface area (Å²) in [4.78, 5) is 11.0. The smallest absolute Gasteiger partial charge is 0.183 e. The fourth-order valence-corrected chi connectivity index (χ4v) is 4.57. The van der Waals surface area contributed by atoms with Crippen molar-refractivity contribution in [3.8, 4) is 10.6 Å². The van der Waals surface area contributed by atoms with Gasteiger partial charge in [-0.25, -0.2) is 9.97 Å². The van der Waals surface area contributed by atoms with Crippen LogP contribution in [0.25, 0.3) is 10.6 Å². The highest BCUT2D eigenvalue weighted by atomic mass is 32.1. The Bertz CT molecular complexity index is 621. The third-order valence-corrected chi connectivity index (χ3v) is 5.74. The van der Waals surface area contributed by atoms with Gasteiger partial charge in [0.05, 0.1) is 21.3 Å². The molecule has 2 saturated carbocycles. The molecule has 0 aliphatic heterocycles. The molecule has 106 valence electrons. The molecular weight excluding hydrogens is 286 g/mol. The molecule has 2 aliphatic rings. The summed E-state index contributed by atoms with van der Waals surface area (Å²) in [6, 6.07) is 0.431. The van der Waals surface area contributed by atoms with Crippen molar-refractivity contribution in [3.05, 3.63) is 16.1 Å². The molecule has 2 aliphatic carbocycles. The minimum atomic E-state index is 0.431. The first-order valence-corrected chi connectivity index (χ1v) is 9.13. The number of nitrogens with zero attached hydrogens (tertiary/aromatic N) is 2. The van der Waals surface area contributed by atoms with Crippen molar-refractivity contribution in [2.75, 3.05) is 5.32 Å². The molecule has 20 heavy (non-hydrogen) atoms. The first-order chi connectivity index (χ1) is 9.70. The fraction of sp³-hybridized carbons (Fsp3) is 0.600. The molecule has 2 aromatic rings. The monoisotopic (exact) mass is 305 g/mol. The van der Waals surface area contributed by atoms with Crippen LogP contribution in [0.2, 0.25) is 0 Å². The van der Waals surface area contributed by atoms with Gasteiger partial charge in [0.25, 0.3) is 0 Å². The summed E-state index contributed by atoms with van der Waals surface area (Å²) >= 11 is 3.59. The lowest BCUT2D eigenvalue weighted by molar-refractivity contribution is 0.896. The number of anilines is 1. The van der Waals surface area contributed by atoms with Gasteiger partial charge in [0.1, 0.15) is 0 Å². The van der Waals surface area contributed by atoms with E-state index in [1.807, 2.05) is 11.3 Å². The Morgan fingerprint density at radius 3 is 2.55 bits per heavy atom. The Morgan fingerprint density at radius 1 is 1.15 bits per heavy atom. The molecule has 2 heterocycles. The SMILES string of the molecule is CC(C)Nc1nc(-c2sc(C3CC3)nc2C2CC2)cs1. The van der Waals surface area contributed by atoms with E-state index in [2.05, 4.69) is 24.5 Å². The lowest BCUT2D eigenvalue weighted by atomic mass is 10.2. The van der Waals surface area contributed by atoms with Crippen LogP contribution < -0.4 is 5.32 Å². The van der Waals surface area contributed by atoms with E-state index < -0.39 is 0 Å². The van der Waals surface area contributed by atoms with Crippen molar-refractivity contribution in [2.45, 2.75) is 57.4 Å². The summed E-state index contributed by atoms with van der Waals surface area (Å²) < 4.78 is 0. The van der Waals surface area contributed by atoms with Crippen LogP contribution in [0.1, 0.15) is 62.1 Å². The van der Waals surface area contributed by atoms with Gasteiger partial charge in [-0.05, 0) is 39.5 Å². The summed E-state index contributed by atoms with van der Waals surface area (Å²) in [5.41, 5.74) is 2.46. The Morgan fingerprint density at radius 2 is 1.90 bits per heavy atom. The Kier molecular flexibility index (Phi) is 3.07. The van der Waals surface area contributed by atoms with E-state index in [4.69, 9.17) is 9.97 Å². The molecule has 0 atom stereocenters. The molecule has 0 amide bonds. The van der Waals surface area contributed by atoms with Crippen LogP contribution in [-0.4, -0.2) is 16.0 Å². The summed E-state index contributed by atoms with van der Waals surface area (Å²) in [5, 5.41) is 7.95. The number of hydrogen-bond donors (Lipinski definition) is 1. The molecule has 0 unspecified atom stereocenters. The molecule has 0 saturated heterocycles. The third-order valence-electron chi connectivity index (χ3n) is 3.71. The lowest BCUT2D eigenvalue weighted by Crippen LogP contribution is -2.08. The van der Waals surface area contributed by atoms with Crippen LogP contribution in [0.5, 0.6) is 0 Å². The van der Waals surface area contributed by atoms with Crippen LogP contribution in [0, 0.1) is 0 Å².